The Morgan fingerprint density at radius 2 is 1.57 bits per heavy atom. The van der Waals surface area contributed by atoms with Gasteiger partial charge < -0.3 is 25.3 Å². The molecule has 1 amide bonds. The molecule has 0 bridgehead atoms. The first-order chi connectivity index (χ1) is 11.3. The van der Waals surface area contributed by atoms with Gasteiger partial charge in [0.15, 0.2) is 0 Å². The van der Waals surface area contributed by atoms with Gasteiger partial charge in [0.1, 0.15) is 4.83 Å². The molecular weight excluding hydrogens is 364 g/mol. The molecule has 7 heteroatoms. The van der Waals surface area contributed by atoms with Crippen molar-refractivity contribution in [2.24, 2.45) is 5.73 Å². The fourth-order valence-corrected chi connectivity index (χ4v) is 2.20. The summed E-state index contributed by atoms with van der Waals surface area (Å²) in [7, 11) is 0. The second kappa shape index (κ2) is 13.4. The van der Waals surface area contributed by atoms with Gasteiger partial charge in [0.2, 0.25) is 5.91 Å². The number of hydrogen-bond donors (Lipinski definition) is 2. The molecule has 0 fully saturated rings. The van der Waals surface area contributed by atoms with E-state index in [1.165, 1.54) is 0 Å². The lowest BCUT2D eigenvalue weighted by Gasteiger charge is -2.11. The molecule has 6 nitrogen and oxygen atoms in total. The van der Waals surface area contributed by atoms with Gasteiger partial charge in [-0.2, -0.15) is 0 Å². The maximum atomic E-state index is 11.9. The van der Waals surface area contributed by atoms with Crippen molar-refractivity contribution < 1.29 is 19.0 Å². The molecule has 1 rings (SSSR count). The molecule has 3 N–H and O–H groups in total. The average molecular weight is 389 g/mol. The van der Waals surface area contributed by atoms with E-state index in [-0.39, 0.29) is 10.7 Å². The monoisotopic (exact) mass is 388 g/mol. The Bertz CT molecular complexity index is 420. The summed E-state index contributed by atoms with van der Waals surface area (Å²) in [4.78, 5) is 11.6. The van der Waals surface area contributed by atoms with Crippen LogP contribution >= 0.6 is 15.9 Å². The number of carbonyl (C=O) groups is 1. The highest BCUT2D eigenvalue weighted by Gasteiger charge is 2.15. The van der Waals surface area contributed by atoms with Crippen molar-refractivity contribution in [1.29, 1.82) is 0 Å². The van der Waals surface area contributed by atoms with Crippen LogP contribution in [0.3, 0.4) is 0 Å². The minimum absolute atomic E-state index is 0.0758. The number of benzene rings is 1. The summed E-state index contributed by atoms with van der Waals surface area (Å²) in [5.41, 5.74) is 6.22. The number of hydrogen-bond acceptors (Lipinski definition) is 5. The lowest BCUT2D eigenvalue weighted by molar-refractivity contribution is -0.120. The summed E-state index contributed by atoms with van der Waals surface area (Å²) in [5.74, 6) is -0.0758. The Morgan fingerprint density at radius 3 is 2.17 bits per heavy atom. The van der Waals surface area contributed by atoms with Crippen molar-refractivity contribution in [3.05, 3.63) is 35.9 Å². The first kappa shape index (κ1) is 20.1. The quantitative estimate of drug-likeness (QED) is 0.392. The van der Waals surface area contributed by atoms with Crippen molar-refractivity contribution in [2.75, 3.05) is 52.7 Å². The number of alkyl halides is 1. The molecule has 1 aromatic carbocycles. The topological polar surface area (TPSA) is 82.8 Å². The smallest absolute Gasteiger partial charge is 0.238 e. The van der Waals surface area contributed by atoms with E-state index >= 15 is 0 Å². The summed E-state index contributed by atoms with van der Waals surface area (Å²) in [6.07, 6.45) is 0. The van der Waals surface area contributed by atoms with Crippen molar-refractivity contribution in [3.8, 4) is 0 Å². The van der Waals surface area contributed by atoms with Crippen molar-refractivity contribution in [3.63, 3.8) is 0 Å². The molecule has 0 aliphatic rings. The maximum Gasteiger partial charge on any atom is 0.238 e. The minimum Gasteiger partial charge on any atom is -0.378 e. The first-order valence-electron chi connectivity index (χ1n) is 7.65. The summed E-state index contributed by atoms with van der Waals surface area (Å²) >= 11 is 3.39. The molecule has 0 spiro atoms. The Kier molecular flexibility index (Phi) is 11.7. The first-order valence-corrected chi connectivity index (χ1v) is 8.57. The summed E-state index contributed by atoms with van der Waals surface area (Å²) < 4.78 is 15.9. The van der Waals surface area contributed by atoms with Gasteiger partial charge in [0.25, 0.3) is 0 Å². The third-order valence-electron chi connectivity index (χ3n) is 2.87. The predicted molar refractivity (Wildman–Crippen MR) is 92.6 cm³/mol. The number of amides is 1. The summed E-state index contributed by atoms with van der Waals surface area (Å²) in [6, 6.07) is 9.54. The molecule has 1 atom stereocenters. The predicted octanol–water partition coefficient (Wildman–Crippen LogP) is 1.25. The fourth-order valence-electron chi connectivity index (χ4n) is 1.73. The minimum atomic E-state index is -0.347. The van der Waals surface area contributed by atoms with E-state index in [0.29, 0.717) is 52.7 Å². The molecule has 0 heterocycles. The van der Waals surface area contributed by atoms with E-state index < -0.39 is 0 Å². The van der Waals surface area contributed by atoms with E-state index in [4.69, 9.17) is 19.9 Å². The van der Waals surface area contributed by atoms with Crippen LogP contribution in [0.2, 0.25) is 0 Å². The zero-order valence-corrected chi connectivity index (χ0v) is 14.8. The molecule has 130 valence electrons. The van der Waals surface area contributed by atoms with Crippen LogP contribution in [0.5, 0.6) is 0 Å². The Morgan fingerprint density at radius 1 is 1.00 bits per heavy atom. The van der Waals surface area contributed by atoms with Gasteiger partial charge in [-0.25, -0.2) is 0 Å². The molecule has 0 saturated carbocycles. The Balaban J connectivity index is 1.95. The number of ether oxygens (including phenoxy) is 3. The van der Waals surface area contributed by atoms with Crippen molar-refractivity contribution >= 4 is 21.8 Å². The molecule has 1 aromatic rings. The van der Waals surface area contributed by atoms with Crippen LogP contribution in [-0.2, 0) is 19.0 Å². The van der Waals surface area contributed by atoms with E-state index in [9.17, 15) is 4.79 Å². The van der Waals surface area contributed by atoms with Gasteiger partial charge in [-0.3, -0.25) is 4.79 Å². The standard InChI is InChI=1S/C16H25BrN2O4/c17-15(14-4-2-1-3-5-14)16(20)19-7-9-22-11-13-23-12-10-21-8-6-18/h1-5,15H,6-13,18H2,(H,19,20). The van der Waals surface area contributed by atoms with Crippen LogP contribution < -0.4 is 11.1 Å². The largest absolute Gasteiger partial charge is 0.378 e. The van der Waals surface area contributed by atoms with E-state index in [1.807, 2.05) is 30.3 Å². The highest BCUT2D eigenvalue weighted by atomic mass is 79.9. The Hall–Kier alpha value is -0.990. The third kappa shape index (κ3) is 9.68. The summed E-state index contributed by atoms with van der Waals surface area (Å²) in [5, 5.41) is 2.82. The van der Waals surface area contributed by atoms with Gasteiger partial charge in [0.05, 0.1) is 39.6 Å². The van der Waals surface area contributed by atoms with Crippen molar-refractivity contribution in [1.82, 2.24) is 5.32 Å². The second-order valence-corrected chi connectivity index (χ2v) is 5.61. The lowest BCUT2D eigenvalue weighted by atomic mass is 10.1. The van der Waals surface area contributed by atoms with Crippen LogP contribution in [0, 0.1) is 0 Å². The fraction of sp³-hybridized carbons (Fsp3) is 0.562. The number of halogens is 1. The summed E-state index contributed by atoms with van der Waals surface area (Å²) in [6.45, 7) is 4.06. The molecule has 0 radical (unpaired) electrons. The van der Waals surface area contributed by atoms with Crippen molar-refractivity contribution in [2.45, 2.75) is 4.83 Å². The van der Waals surface area contributed by atoms with Gasteiger partial charge in [-0.1, -0.05) is 46.3 Å². The maximum absolute atomic E-state index is 11.9. The Labute approximate surface area is 145 Å². The molecule has 0 saturated heterocycles. The zero-order chi connectivity index (χ0) is 16.8. The van der Waals surface area contributed by atoms with Crippen LogP contribution in [0.15, 0.2) is 30.3 Å². The van der Waals surface area contributed by atoms with Gasteiger partial charge in [-0.05, 0) is 5.56 Å². The van der Waals surface area contributed by atoms with E-state index in [0.717, 1.165) is 5.56 Å². The highest BCUT2D eigenvalue weighted by Crippen LogP contribution is 2.21. The van der Waals surface area contributed by atoms with Crippen LogP contribution in [0.25, 0.3) is 0 Å². The normalized spacial score (nSPS) is 12.1. The third-order valence-corrected chi connectivity index (χ3v) is 3.82. The zero-order valence-electron chi connectivity index (χ0n) is 13.2. The van der Waals surface area contributed by atoms with E-state index in [1.54, 1.807) is 0 Å². The molecular formula is C16H25BrN2O4. The molecule has 0 aliphatic heterocycles. The second-order valence-electron chi connectivity index (χ2n) is 4.69. The lowest BCUT2D eigenvalue weighted by Crippen LogP contribution is -2.30. The molecule has 0 aromatic heterocycles. The SMILES string of the molecule is NCCOCCOCCOCCNC(=O)C(Br)c1ccccc1. The number of nitrogens with one attached hydrogen (secondary N) is 1. The number of rotatable bonds is 13. The molecule has 1 unspecified atom stereocenters. The molecule has 23 heavy (non-hydrogen) atoms. The van der Waals surface area contributed by atoms with Gasteiger partial charge in [0, 0.05) is 13.1 Å². The number of nitrogens with two attached hydrogens (primary N) is 1. The van der Waals surface area contributed by atoms with Crippen LogP contribution in [0.4, 0.5) is 0 Å². The van der Waals surface area contributed by atoms with Crippen LogP contribution in [-0.4, -0.2) is 58.6 Å². The average Bonchev–Trinajstić information content (AvgIpc) is 2.59. The van der Waals surface area contributed by atoms with Gasteiger partial charge >= 0.3 is 0 Å². The van der Waals surface area contributed by atoms with Crippen LogP contribution in [0.1, 0.15) is 10.4 Å². The molecule has 0 aliphatic carbocycles. The highest BCUT2D eigenvalue weighted by molar-refractivity contribution is 9.09. The van der Waals surface area contributed by atoms with E-state index in [2.05, 4.69) is 21.2 Å². The number of carbonyl (C=O) groups excluding carboxylic acids is 1. The van der Waals surface area contributed by atoms with Gasteiger partial charge in [-0.15, -0.1) is 0 Å².